The standard InChI is InChI=1S/C15H21ClN2O4/c1-3-4-8-21-15(20)18-10(2)13(22-14(17)19)11-6-5-7-12(16)9-11/h5-7,9-10,13H,3-4,8H2,1-2H3,(H2,17,19)(H,18,20)/t10-,13?/m0/s1. The Hall–Kier alpha value is -1.95. The molecule has 7 heteroatoms. The van der Waals surface area contributed by atoms with E-state index in [-0.39, 0.29) is 0 Å². The molecule has 0 aliphatic heterocycles. The van der Waals surface area contributed by atoms with Crippen molar-refractivity contribution in [3.63, 3.8) is 0 Å². The molecule has 2 amide bonds. The van der Waals surface area contributed by atoms with Crippen LogP contribution in [0.25, 0.3) is 0 Å². The number of alkyl carbamates (subject to hydrolysis) is 1. The molecule has 0 aliphatic rings. The van der Waals surface area contributed by atoms with E-state index in [0.717, 1.165) is 12.8 Å². The third-order valence-electron chi connectivity index (χ3n) is 2.95. The minimum absolute atomic E-state index is 0.341. The van der Waals surface area contributed by atoms with E-state index in [9.17, 15) is 9.59 Å². The Bertz CT molecular complexity index is 510. The van der Waals surface area contributed by atoms with Crippen LogP contribution in [0.3, 0.4) is 0 Å². The summed E-state index contributed by atoms with van der Waals surface area (Å²) in [5.41, 5.74) is 5.73. The maximum Gasteiger partial charge on any atom is 0.407 e. The first-order valence-corrected chi connectivity index (χ1v) is 7.46. The molecule has 0 saturated heterocycles. The van der Waals surface area contributed by atoms with Crippen molar-refractivity contribution in [2.45, 2.75) is 38.8 Å². The SMILES string of the molecule is CCCCOC(=O)N[C@@H](C)C(OC(N)=O)c1cccc(Cl)c1. The third-order valence-corrected chi connectivity index (χ3v) is 3.19. The van der Waals surface area contributed by atoms with Crippen molar-refractivity contribution in [3.05, 3.63) is 34.9 Å². The summed E-state index contributed by atoms with van der Waals surface area (Å²) in [5.74, 6) is 0. The van der Waals surface area contributed by atoms with Gasteiger partial charge in [0.1, 0.15) is 6.10 Å². The van der Waals surface area contributed by atoms with Crippen LogP contribution in [0, 0.1) is 0 Å². The molecule has 0 spiro atoms. The molecule has 0 aliphatic carbocycles. The van der Waals surface area contributed by atoms with E-state index in [1.807, 2.05) is 6.92 Å². The van der Waals surface area contributed by atoms with Crippen LogP contribution in [0.1, 0.15) is 38.4 Å². The van der Waals surface area contributed by atoms with E-state index in [4.69, 9.17) is 26.8 Å². The summed E-state index contributed by atoms with van der Waals surface area (Å²) < 4.78 is 10.1. The maximum atomic E-state index is 11.7. The van der Waals surface area contributed by atoms with Gasteiger partial charge in [-0.1, -0.05) is 37.1 Å². The number of carbonyl (C=O) groups excluding carboxylic acids is 2. The summed E-state index contributed by atoms with van der Waals surface area (Å²) in [4.78, 5) is 22.8. The lowest BCUT2D eigenvalue weighted by Crippen LogP contribution is -2.39. The smallest absolute Gasteiger partial charge is 0.407 e. The number of benzene rings is 1. The molecule has 3 N–H and O–H groups in total. The first kappa shape index (κ1) is 18.1. The highest BCUT2D eigenvalue weighted by Gasteiger charge is 2.25. The number of amides is 2. The van der Waals surface area contributed by atoms with Gasteiger partial charge < -0.3 is 20.5 Å². The number of hydrogen-bond acceptors (Lipinski definition) is 4. The van der Waals surface area contributed by atoms with Gasteiger partial charge in [0.05, 0.1) is 12.6 Å². The van der Waals surface area contributed by atoms with Crippen molar-refractivity contribution < 1.29 is 19.1 Å². The second kappa shape index (κ2) is 9.15. The summed E-state index contributed by atoms with van der Waals surface area (Å²) in [7, 11) is 0. The minimum Gasteiger partial charge on any atom is -0.450 e. The normalized spacial score (nSPS) is 13.0. The predicted molar refractivity (Wildman–Crippen MR) is 83.7 cm³/mol. The number of primary amides is 1. The molecule has 2 atom stereocenters. The Morgan fingerprint density at radius 2 is 2.14 bits per heavy atom. The van der Waals surface area contributed by atoms with Gasteiger partial charge in [0.15, 0.2) is 0 Å². The molecular formula is C15H21ClN2O4. The highest BCUT2D eigenvalue weighted by Crippen LogP contribution is 2.24. The van der Waals surface area contributed by atoms with Gasteiger partial charge in [-0.25, -0.2) is 9.59 Å². The van der Waals surface area contributed by atoms with Gasteiger partial charge in [0.25, 0.3) is 0 Å². The van der Waals surface area contributed by atoms with Gasteiger partial charge in [0.2, 0.25) is 0 Å². The molecular weight excluding hydrogens is 308 g/mol. The van der Waals surface area contributed by atoms with E-state index in [1.165, 1.54) is 0 Å². The van der Waals surface area contributed by atoms with Crippen LogP contribution in [0.4, 0.5) is 9.59 Å². The second-order valence-electron chi connectivity index (χ2n) is 4.83. The zero-order valence-corrected chi connectivity index (χ0v) is 13.4. The van der Waals surface area contributed by atoms with Crippen molar-refractivity contribution in [3.8, 4) is 0 Å². The molecule has 6 nitrogen and oxygen atoms in total. The fourth-order valence-electron chi connectivity index (χ4n) is 1.88. The fourth-order valence-corrected chi connectivity index (χ4v) is 2.08. The molecule has 0 bridgehead atoms. The molecule has 122 valence electrons. The van der Waals surface area contributed by atoms with Crippen molar-refractivity contribution in [1.29, 1.82) is 0 Å². The Morgan fingerprint density at radius 1 is 1.41 bits per heavy atom. The molecule has 0 radical (unpaired) electrons. The highest BCUT2D eigenvalue weighted by molar-refractivity contribution is 6.30. The molecule has 0 aromatic heterocycles. The summed E-state index contributed by atoms with van der Waals surface area (Å²) in [6.45, 7) is 4.03. The average Bonchev–Trinajstić information content (AvgIpc) is 2.44. The lowest BCUT2D eigenvalue weighted by molar-refractivity contribution is 0.0784. The van der Waals surface area contributed by atoms with Crippen molar-refractivity contribution in [1.82, 2.24) is 5.32 Å². The van der Waals surface area contributed by atoms with Crippen LogP contribution >= 0.6 is 11.6 Å². The summed E-state index contributed by atoms with van der Waals surface area (Å²) >= 11 is 5.94. The number of hydrogen-bond donors (Lipinski definition) is 2. The van der Waals surface area contributed by atoms with Gasteiger partial charge in [-0.15, -0.1) is 0 Å². The van der Waals surface area contributed by atoms with Crippen molar-refractivity contribution in [2.75, 3.05) is 6.61 Å². The number of unbranched alkanes of at least 4 members (excludes halogenated alkanes) is 1. The molecule has 1 unspecified atom stereocenters. The Balaban J connectivity index is 2.74. The van der Waals surface area contributed by atoms with E-state index in [1.54, 1.807) is 31.2 Å². The Kier molecular flexibility index (Phi) is 7.52. The van der Waals surface area contributed by atoms with Gasteiger partial charge >= 0.3 is 12.2 Å². The molecule has 1 rings (SSSR count). The summed E-state index contributed by atoms with van der Waals surface area (Å²) in [5, 5.41) is 3.12. The zero-order chi connectivity index (χ0) is 16.5. The maximum absolute atomic E-state index is 11.7. The Labute approximate surface area is 134 Å². The molecule has 1 aromatic carbocycles. The van der Waals surface area contributed by atoms with Gasteiger partial charge in [-0.3, -0.25) is 0 Å². The summed E-state index contributed by atoms with van der Waals surface area (Å²) in [6, 6.07) is 6.28. The highest BCUT2D eigenvalue weighted by atomic mass is 35.5. The second-order valence-corrected chi connectivity index (χ2v) is 5.27. The fraction of sp³-hybridized carbons (Fsp3) is 0.467. The average molecular weight is 329 g/mol. The van der Waals surface area contributed by atoms with E-state index in [2.05, 4.69) is 5.32 Å². The van der Waals surface area contributed by atoms with Crippen LogP contribution in [0.5, 0.6) is 0 Å². The lowest BCUT2D eigenvalue weighted by Gasteiger charge is -2.24. The summed E-state index contributed by atoms with van der Waals surface area (Å²) in [6.07, 6.45) is -0.537. The molecule has 0 saturated carbocycles. The number of nitrogens with one attached hydrogen (secondary N) is 1. The number of ether oxygens (including phenoxy) is 2. The van der Waals surface area contributed by atoms with Gasteiger partial charge in [-0.2, -0.15) is 0 Å². The number of carbonyl (C=O) groups is 2. The van der Waals surface area contributed by atoms with Crippen LogP contribution < -0.4 is 11.1 Å². The van der Waals surface area contributed by atoms with Crippen LogP contribution in [-0.2, 0) is 9.47 Å². The quantitative estimate of drug-likeness (QED) is 0.750. The first-order valence-electron chi connectivity index (χ1n) is 7.09. The monoisotopic (exact) mass is 328 g/mol. The largest absolute Gasteiger partial charge is 0.450 e. The van der Waals surface area contributed by atoms with Crippen LogP contribution in [0.15, 0.2) is 24.3 Å². The zero-order valence-electron chi connectivity index (χ0n) is 12.7. The van der Waals surface area contributed by atoms with Crippen LogP contribution in [-0.4, -0.2) is 24.8 Å². The lowest BCUT2D eigenvalue weighted by atomic mass is 10.0. The molecule has 1 aromatic rings. The van der Waals surface area contributed by atoms with Crippen molar-refractivity contribution in [2.24, 2.45) is 5.73 Å². The van der Waals surface area contributed by atoms with Gasteiger partial charge in [-0.05, 0) is 31.0 Å². The molecule has 0 heterocycles. The van der Waals surface area contributed by atoms with Gasteiger partial charge in [0, 0.05) is 5.02 Å². The third kappa shape index (κ3) is 6.22. The van der Waals surface area contributed by atoms with Crippen LogP contribution in [0.2, 0.25) is 5.02 Å². The first-order chi connectivity index (χ1) is 10.4. The van der Waals surface area contributed by atoms with E-state index in [0.29, 0.717) is 17.2 Å². The molecule has 22 heavy (non-hydrogen) atoms. The van der Waals surface area contributed by atoms with E-state index < -0.39 is 24.3 Å². The minimum atomic E-state index is -0.932. The number of nitrogens with two attached hydrogens (primary N) is 1. The molecule has 0 fully saturated rings. The predicted octanol–water partition coefficient (Wildman–Crippen LogP) is 3.39. The van der Waals surface area contributed by atoms with E-state index >= 15 is 0 Å². The number of rotatable bonds is 7. The Morgan fingerprint density at radius 3 is 2.73 bits per heavy atom. The number of halogens is 1. The van der Waals surface area contributed by atoms with Crippen molar-refractivity contribution >= 4 is 23.8 Å². The topological polar surface area (TPSA) is 90.7 Å².